The smallest absolute Gasteiger partial charge is 0.214 e. The van der Waals surface area contributed by atoms with Crippen molar-refractivity contribution in [3.05, 3.63) is 105 Å². The molecule has 0 aliphatic carbocycles. The Hall–Kier alpha value is -3.11. The molecule has 0 aliphatic heterocycles. The van der Waals surface area contributed by atoms with Crippen molar-refractivity contribution in [1.29, 1.82) is 0 Å². The third kappa shape index (κ3) is 3.44. The zero-order valence-corrected chi connectivity index (χ0v) is 15.2. The molecule has 1 heterocycles. The van der Waals surface area contributed by atoms with E-state index in [9.17, 15) is 10.1 Å². The number of benzene rings is 3. The Morgan fingerprint density at radius 2 is 1.59 bits per heavy atom. The minimum atomic E-state index is -0.386. The van der Waals surface area contributed by atoms with Crippen molar-refractivity contribution in [3.63, 3.8) is 0 Å². The Labute approximate surface area is 161 Å². The van der Waals surface area contributed by atoms with Crippen molar-refractivity contribution in [2.75, 3.05) is 6.54 Å². The van der Waals surface area contributed by atoms with E-state index in [2.05, 4.69) is 4.98 Å². The molecule has 27 heavy (non-hydrogen) atoms. The molecule has 4 aromatic rings. The van der Waals surface area contributed by atoms with Crippen LogP contribution in [0.3, 0.4) is 0 Å². The van der Waals surface area contributed by atoms with Crippen LogP contribution in [0.5, 0.6) is 0 Å². The number of fused-ring (bicyclic) bond motifs is 1. The number of rotatable bonds is 5. The monoisotopic (exact) mass is 376 g/mol. The Kier molecular flexibility index (Phi) is 4.65. The molecule has 0 spiro atoms. The minimum Gasteiger partial charge on any atom is -0.354 e. The van der Waals surface area contributed by atoms with Gasteiger partial charge in [0.05, 0.1) is 11.6 Å². The van der Waals surface area contributed by atoms with Gasteiger partial charge in [0.15, 0.2) is 0 Å². The highest BCUT2D eigenvalue weighted by atomic mass is 35.5. The van der Waals surface area contributed by atoms with E-state index in [4.69, 9.17) is 11.6 Å². The summed E-state index contributed by atoms with van der Waals surface area (Å²) in [6.07, 6.45) is 0. The third-order valence-electron chi connectivity index (χ3n) is 4.76. The van der Waals surface area contributed by atoms with Gasteiger partial charge in [-0.3, -0.25) is 10.1 Å². The van der Waals surface area contributed by atoms with Gasteiger partial charge in [-0.25, -0.2) is 0 Å². The van der Waals surface area contributed by atoms with Gasteiger partial charge in [0.25, 0.3) is 0 Å². The zero-order chi connectivity index (χ0) is 18.8. The fourth-order valence-electron chi connectivity index (χ4n) is 3.57. The molecule has 0 amide bonds. The van der Waals surface area contributed by atoms with Gasteiger partial charge in [0.1, 0.15) is 0 Å². The van der Waals surface area contributed by atoms with Gasteiger partial charge in [-0.2, -0.15) is 0 Å². The van der Waals surface area contributed by atoms with E-state index in [0.717, 1.165) is 33.3 Å². The molecule has 4 nitrogen and oxygen atoms in total. The van der Waals surface area contributed by atoms with Gasteiger partial charge in [-0.1, -0.05) is 72.3 Å². The first-order valence-electron chi connectivity index (χ1n) is 8.67. The highest BCUT2D eigenvalue weighted by Crippen LogP contribution is 2.39. The lowest BCUT2D eigenvalue weighted by molar-refractivity contribution is -0.481. The summed E-state index contributed by atoms with van der Waals surface area (Å²) < 4.78 is 0. The summed E-state index contributed by atoms with van der Waals surface area (Å²) in [5, 5.41) is 13.1. The lowest BCUT2D eigenvalue weighted by Crippen LogP contribution is -2.14. The van der Waals surface area contributed by atoms with Crippen molar-refractivity contribution in [3.8, 4) is 11.3 Å². The van der Waals surface area contributed by atoms with Crippen LogP contribution in [0.2, 0.25) is 5.02 Å². The molecule has 134 valence electrons. The topological polar surface area (TPSA) is 58.9 Å². The molecular formula is C22H17ClN2O2. The van der Waals surface area contributed by atoms with Gasteiger partial charge in [-0.15, -0.1) is 0 Å². The average molecular weight is 377 g/mol. The van der Waals surface area contributed by atoms with Crippen molar-refractivity contribution in [1.82, 2.24) is 4.98 Å². The SMILES string of the molecule is O=[N+]([O-])C[C@H](c1ccc(Cl)cc1)c1c(-c2ccccc2)[nH]c2ccccc12. The molecule has 1 atom stereocenters. The summed E-state index contributed by atoms with van der Waals surface area (Å²) in [7, 11) is 0. The summed E-state index contributed by atoms with van der Waals surface area (Å²) in [5.41, 5.74) is 4.70. The number of hydrogen-bond acceptors (Lipinski definition) is 2. The average Bonchev–Trinajstić information content (AvgIpc) is 3.07. The van der Waals surface area contributed by atoms with Crippen LogP contribution in [0.1, 0.15) is 17.0 Å². The molecule has 0 saturated carbocycles. The normalized spacial score (nSPS) is 12.2. The van der Waals surface area contributed by atoms with Crippen molar-refractivity contribution in [2.24, 2.45) is 0 Å². The summed E-state index contributed by atoms with van der Waals surface area (Å²) >= 11 is 6.03. The maximum Gasteiger partial charge on any atom is 0.214 e. The van der Waals surface area contributed by atoms with Crippen molar-refractivity contribution < 1.29 is 4.92 Å². The first-order chi connectivity index (χ1) is 13.1. The van der Waals surface area contributed by atoms with E-state index >= 15 is 0 Å². The van der Waals surface area contributed by atoms with E-state index < -0.39 is 0 Å². The Balaban J connectivity index is 1.98. The van der Waals surface area contributed by atoms with Crippen molar-refractivity contribution in [2.45, 2.75) is 5.92 Å². The molecule has 0 radical (unpaired) electrons. The summed E-state index contributed by atoms with van der Waals surface area (Å²) in [4.78, 5) is 14.7. The van der Waals surface area contributed by atoms with Gasteiger partial charge >= 0.3 is 0 Å². The number of halogens is 1. The van der Waals surface area contributed by atoms with Crippen LogP contribution in [0.4, 0.5) is 0 Å². The summed E-state index contributed by atoms with van der Waals surface area (Å²) in [6.45, 7) is -0.191. The molecule has 1 N–H and O–H groups in total. The van der Waals surface area contributed by atoms with Crippen LogP contribution >= 0.6 is 11.6 Å². The highest BCUT2D eigenvalue weighted by Gasteiger charge is 2.27. The largest absolute Gasteiger partial charge is 0.354 e. The van der Waals surface area contributed by atoms with Crippen LogP contribution in [0.15, 0.2) is 78.9 Å². The van der Waals surface area contributed by atoms with Crippen LogP contribution in [0.25, 0.3) is 22.2 Å². The highest BCUT2D eigenvalue weighted by molar-refractivity contribution is 6.30. The van der Waals surface area contributed by atoms with E-state index in [1.807, 2.05) is 66.7 Å². The van der Waals surface area contributed by atoms with E-state index in [1.54, 1.807) is 12.1 Å². The predicted octanol–water partition coefficient (Wildman–Crippen LogP) is 5.90. The maximum absolute atomic E-state index is 11.5. The molecular weight excluding hydrogens is 360 g/mol. The van der Waals surface area contributed by atoms with Crippen LogP contribution in [0, 0.1) is 10.1 Å². The van der Waals surface area contributed by atoms with Gasteiger partial charge in [0.2, 0.25) is 6.54 Å². The molecule has 0 fully saturated rings. The van der Waals surface area contributed by atoms with Crippen LogP contribution in [-0.2, 0) is 0 Å². The fourth-order valence-corrected chi connectivity index (χ4v) is 3.69. The second-order valence-electron chi connectivity index (χ2n) is 6.44. The number of H-pyrrole nitrogens is 1. The zero-order valence-electron chi connectivity index (χ0n) is 14.4. The first-order valence-corrected chi connectivity index (χ1v) is 9.04. The molecule has 0 aliphatic rings. The Morgan fingerprint density at radius 1 is 0.926 bits per heavy atom. The van der Waals surface area contributed by atoms with E-state index in [-0.39, 0.29) is 17.4 Å². The molecule has 3 aromatic carbocycles. The lowest BCUT2D eigenvalue weighted by Gasteiger charge is -2.16. The minimum absolute atomic E-state index is 0.191. The molecule has 0 saturated heterocycles. The maximum atomic E-state index is 11.5. The number of nitro groups is 1. The number of hydrogen-bond donors (Lipinski definition) is 1. The van der Waals surface area contributed by atoms with E-state index in [0.29, 0.717) is 5.02 Å². The van der Waals surface area contributed by atoms with Crippen LogP contribution in [-0.4, -0.2) is 16.5 Å². The number of aromatic amines is 1. The first kappa shape index (κ1) is 17.3. The fraction of sp³-hybridized carbons (Fsp3) is 0.0909. The third-order valence-corrected chi connectivity index (χ3v) is 5.01. The van der Waals surface area contributed by atoms with Crippen LogP contribution < -0.4 is 0 Å². The second-order valence-corrected chi connectivity index (χ2v) is 6.88. The van der Waals surface area contributed by atoms with E-state index in [1.165, 1.54) is 0 Å². The number of nitrogens with one attached hydrogen (secondary N) is 1. The lowest BCUT2D eigenvalue weighted by atomic mass is 9.87. The summed E-state index contributed by atoms with van der Waals surface area (Å²) in [6, 6.07) is 25.1. The standard InChI is InChI=1S/C22H17ClN2O2/c23-17-12-10-15(11-13-17)19(14-25(26)27)21-18-8-4-5-9-20(18)24-22(21)16-6-2-1-3-7-16/h1-13,19,24H,14H2/t19-/m1/s1. The predicted molar refractivity (Wildman–Crippen MR) is 109 cm³/mol. The van der Waals surface area contributed by atoms with Gasteiger partial charge in [-0.05, 0) is 34.9 Å². The number of aromatic nitrogens is 1. The molecule has 0 bridgehead atoms. The molecule has 5 heteroatoms. The van der Waals surface area contributed by atoms with Gasteiger partial charge < -0.3 is 4.98 Å². The number of nitrogens with zero attached hydrogens (tertiary/aromatic N) is 1. The molecule has 0 unspecified atom stereocenters. The van der Waals surface area contributed by atoms with Crippen molar-refractivity contribution >= 4 is 22.5 Å². The quantitative estimate of drug-likeness (QED) is 0.348. The Bertz CT molecular complexity index is 1090. The second kappa shape index (κ2) is 7.25. The molecule has 4 rings (SSSR count). The van der Waals surface area contributed by atoms with Gasteiger partial charge in [0, 0.05) is 20.8 Å². The number of para-hydroxylation sites is 1. The molecule has 1 aromatic heterocycles. The summed E-state index contributed by atoms with van der Waals surface area (Å²) in [5.74, 6) is -0.386. The Morgan fingerprint density at radius 3 is 2.30 bits per heavy atom.